The molecule has 11 heteroatoms. The summed E-state index contributed by atoms with van der Waals surface area (Å²) in [5.74, 6) is -3.05. The molecule has 0 unspecified atom stereocenters. The van der Waals surface area contributed by atoms with Crippen LogP contribution in [0, 0.1) is 0 Å². The second kappa shape index (κ2) is 15.1. The Labute approximate surface area is 221 Å². The molecular formula is C27H35N3O8. The van der Waals surface area contributed by atoms with Crippen LogP contribution in [0.15, 0.2) is 36.4 Å². The Hall–Kier alpha value is -4.28. The number of carbonyl (C=O) groups excluding carboxylic acids is 4. The molecule has 0 aliphatic rings. The molecule has 38 heavy (non-hydrogen) atoms. The van der Waals surface area contributed by atoms with E-state index in [9.17, 15) is 39.6 Å². The molecule has 0 spiro atoms. The van der Waals surface area contributed by atoms with E-state index in [1.807, 2.05) is 0 Å². The minimum atomic E-state index is -0.557. The third-order valence-corrected chi connectivity index (χ3v) is 5.91. The number of phenolic OH excluding ortho intramolecular Hbond substituents is 4. The van der Waals surface area contributed by atoms with Crippen molar-refractivity contribution in [2.75, 3.05) is 26.2 Å². The number of aromatic hydroxyl groups is 4. The molecule has 0 saturated carbocycles. The predicted octanol–water partition coefficient (Wildman–Crippen LogP) is 2.43. The number of para-hydroxylation sites is 2. The van der Waals surface area contributed by atoms with Gasteiger partial charge in [0.2, 0.25) is 5.91 Å². The van der Waals surface area contributed by atoms with Crippen LogP contribution in [0.3, 0.4) is 0 Å². The van der Waals surface area contributed by atoms with Crippen molar-refractivity contribution in [1.82, 2.24) is 15.5 Å². The monoisotopic (exact) mass is 529 g/mol. The van der Waals surface area contributed by atoms with Crippen LogP contribution in [-0.4, -0.2) is 75.0 Å². The normalized spacial score (nSPS) is 10.6. The number of rotatable bonds is 15. The van der Waals surface area contributed by atoms with Crippen molar-refractivity contribution in [3.05, 3.63) is 47.5 Å². The summed E-state index contributed by atoms with van der Waals surface area (Å²) >= 11 is 0. The first-order valence-corrected chi connectivity index (χ1v) is 12.5. The van der Waals surface area contributed by atoms with Crippen molar-refractivity contribution in [2.24, 2.45) is 0 Å². The van der Waals surface area contributed by atoms with E-state index in [4.69, 9.17) is 0 Å². The summed E-state index contributed by atoms with van der Waals surface area (Å²) in [7, 11) is 0. The van der Waals surface area contributed by atoms with Crippen LogP contribution in [0.4, 0.5) is 0 Å². The van der Waals surface area contributed by atoms with Crippen molar-refractivity contribution in [1.29, 1.82) is 0 Å². The van der Waals surface area contributed by atoms with Gasteiger partial charge in [0.05, 0.1) is 11.1 Å². The maximum absolute atomic E-state index is 12.7. The highest BCUT2D eigenvalue weighted by Gasteiger charge is 2.17. The molecule has 0 fully saturated rings. The Kier molecular flexibility index (Phi) is 11.9. The van der Waals surface area contributed by atoms with Gasteiger partial charge in [-0.2, -0.15) is 0 Å². The second-order valence-electron chi connectivity index (χ2n) is 8.69. The molecule has 0 heterocycles. The lowest BCUT2D eigenvalue weighted by Crippen LogP contribution is -2.35. The van der Waals surface area contributed by atoms with E-state index in [-0.39, 0.29) is 54.5 Å². The minimum absolute atomic E-state index is 0.00519. The Morgan fingerprint density at radius 3 is 1.74 bits per heavy atom. The zero-order valence-corrected chi connectivity index (χ0v) is 21.4. The largest absolute Gasteiger partial charge is 0.504 e. The lowest BCUT2D eigenvalue weighted by molar-refractivity contribution is -0.133. The fraction of sp³-hybridized carbons (Fsp3) is 0.407. The highest BCUT2D eigenvalue weighted by atomic mass is 16.3. The molecular weight excluding hydrogens is 494 g/mol. The van der Waals surface area contributed by atoms with Gasteiger partial charge in [-0.15, -0.1) is 0 Å². The molecule has 0 atom stereocenters. The van der Waals surface area contributed by atoms with Crippen LogP contribution in [0.1, 0.15) is 66.2 Å². The van der Waals surface area contributed by atoms with Gasteiger partial charge in [-0.05, 0) is 43.5 Å². The van der Waals surface area contributed by atoms with Crippen LogP contribution in [0.2, 0.25) is 0 Å². The number of hydrogen-bond donors (Lipinski definition) is 6. The molecule has 11 nitrogen and oxygen atoms in total. The molecule has 0 aliphatic carbocycles. The van der Waals surface area contributed by atoms with E-state index in [1.54, 1.807) is 11.8 Å². The number of benzene rings is 2. The number of hydrogen-bond acceptors (Lipinski definition) is 8. The van der Waals surface area contributed by atoms with Crippen LogP contribution in [0.5, 0.6) is 23.0 Å². The third kappa shape index (κ3) is 8.99. The number of ketones is 1. The van der Waals surface area contributed by atoms with Gasteiger partial charge in [0.25, 0.3) is 11.8 Å². The summed E-state index contributed by atoms with van der Waals surface area (Å²) in [4.78, 5) is 50.5. The minimum Gasteiger partial charge on any atom is -0.504 e. The number of nitrogens with one attached hydrogen (secondary N) is 2. The van der Waals surface area contributed by atoms with Gasteiger partial charge in [-0.3, -0.25) is 19.2 Å². The molecule has 2 rings (SSSR count). The average molecular weight is 530 g/mol. The molecule has 6 N–H and O–H groups in total. The molecule has 0 bridgehead atoms. The van der Waals surface area contributed by atoms with E-state index in [0.29, 0.717) is 38.8 Å². The van der Waals surface area contributed by atoms with E-state index < -0.39 is 29.1 Å². The van der Waals surface area contributed by atoms with Gasteiger partial charge >= 0.3 is 0 Å². The molecule has 2 aromatic carbocycles. The van der Waals surface area contributed by atoms with E-state index >= 15 is 0 Å². The van der Waals surface area contributed by atoms with Crippen LogP contribution in [-0.2, 0) is 9.59 Å². The van der Waals surface area contributed by atoms with Crippen LogP contribution < -0.4 is 10.6 Å². The number of unbranched alkanes of at least 4 members (excludes halogenated alkanes) is 1. The van der Waals surface area contributed by atoms with E-state index in [0.717, 1.165) is 0 Å². The number of phenols is 4. The number of carbonyl (C=O) groups is 4. The second-order valence-corrected chi connectivity index (χ2v) is 8.69. The average Bonchev–Trinajstić information content (AvgIpc) is 2.90. The SMILES string of the molecule is CCC(=O)CCC(=O)N(CCCCNC(=O)c1cccc(O)c1O)CCCNC(=O)c1cccc(O)c1O. The van der Waals surface area contributed by atoms with Gasteiger partial charge in [-0.1, -0.05) is 19.1 Å². The summed E-state index contributed by atoms with van der Waals surface area (Å²) in [6.45, 7) is 2.95. The quantitative estimate of drug-likeness (QED) is 0.150. The van der Waals surface area contributed by atoms with Gasteiger partial charge < -0.3 is 36.0 Å². The standard InChI is InChI=1S/C27H35N3O8/c1-2-18(31)12-13-23(34)30(17-7-15-29-27(38)20-9-6-11-22(33)25(20)36)16-4-3-14-28-26(37)19-8-5-10-21(32)24(19)35/h5-6,8-11,32-33,35-36H,2-4,7,12-17H2,1H3,(H,28,37)(H,29,38). The van der Waals surface area contributed by atoms with Crippen LogP contribution in [0.25, 0.3) is 0 Å². The van der Waals surface area contributed by atoms with Crippen molar-refractivity contribution in [3.63, 3.8) is 0 Å². The van der Waals surface area contributed by atoms with Crippen molar-refractivity contribution < 1.29 is 39.6 Å². The third-order valence-electron chi connectivity index (χ3n) is 5.91. The van der Waals surface area contributed by atoms with Crippen molar-refractivity contribution in [3.8, 4) is 23.0 Å². The van der Waals surface area contributed by atoms with E-state index in [1.165, 1.54) is 36.4 Å². The Morgan fingerprint density at radius 1 is 0.711 bits per heavy atom. The Balaban J connectivity index is 1.83. The molecule has 0 aromatic heterocycles. The predicted molar refractivity (Wildman–Crippen MR) is 139 cm³/mol. The lowest BCUT2D eigenvalue weighted by atomic mass is 10.1. The summed E-state index contributed by atoms with van der Waals surface area (Å²) in [6, 6.07) is 8.20. The Bertz CT molecular complexity index is 1140. The highest BCUT2D eigenvalue weighted by molar-refractivity contribution is 5.98. The first-order chi connectivity index (χ1) is 18.1. The fourth-order valence-electron chi connectivity index (χ4n) is 3.66. The van der Waals surface area contributed by atoms with Crippen molar-refractivity contribution in [2.45, 2.75) is 45.4 Å². The molecule has 3 amide bonds. The Morgan fingerprint density at radius 2 is 1.21 bits per heavy atom. The van der Waals surface area contributed by atoms with Crippen LogP contribution >= 0.6 is 0 Å². The van der Waals surface area contributed by atoms with Crippen molar-refractivity contribution >= 4 is 23.5 Å². The van der Waals surface area contributed by atoms with E-state index in [2.05, 4.69) is 10.6 Å². The number of Topliss-reactive ketones (excluding diaryl/α,β-unsaturated/α-hetero) is 1. The smallest absolute Gasteiger partial charge is 0.255 e. The highest BCUT2D eigenvalue weighted by Crippen LogP contribution is 2.28. The first-order valence-electron chi connectivity index (χ1n) is 12.5. The summed E-state index contributed by atoms with van der Waals surface area (Å²) in [5, 5.41) is 44.0. The van der Waals surface area contributed by atoms with Gasteiger partial charge in [0, 0.05) is 45.4 Å². The molecule has 2 aromatic rings. The summed E-state index contributed by atoms with van der Waals surface area (Å²) < 4.78 is 0. The molecule has 0 aliphatic heterocycles. The molecule has 0 radical (unpaired) electrons. The number of nitrogens with zero attached hydrogens (tertiary/aromatic N) is 1. The van der Waals surface area contributed by atoms with Gasteiger partial charge in [0.1, 0.15) is 5.78 Å². The lowest BCUT2D eigenvalue weighted by Gasteiger charge is -2.23. The zero-order valence-electron chi connectivity index (χ0n) is 21.4. The van der Waals surface area contributed by atoms with Gasteiger partial charge in [0.15, 0.2) is 23.0 Å². The number of amides is 3. The summed E-state index contributed by atoms with van der Waals surface area (Å²) in [6.07, 6.45) is 2.12. The maximum atomic E-state index is 12.7. The summed E-state index contributed by atoms with van der Waals surface area (Å²) in [5.41, 5.74) is -0.0967. The maximum Gasteiger partial charge on any atom is 0.255 e. The fourth-order valence-corrected chi connectivity index (χ4v) is 3.66. The topological polar surface area (TPSA) is 176 Å². The van der Waals surface area contributed by atoms with Gasteiger partial charge in [-0.25, -0.2) is 0 Å². The molecule has 206 valence electrons. The first kappa shape index (κ1) is 29.9. The molecule has 0 saturated heterocycles. The zero-order chi connectivity index (χ0) is 28.1.